The van der Waals surface area contributed by atoms with E-state index in [0.29, 0.717) is 5.13 Å². The quantitative estimate of drug-likeness (QED) is 0.581. The average molecular weight is 312 g/mol. The van der Waals surface area contributed by atoms with Crippen molar-refractivity contribution in [1.82, 2.24) is 9.97 Å². The molecule has 0 aliphatic rings. The molecule has 4 nitrogen and oxygen atoms in total. The topological polar surface area (TPSA) is 50.2 Å². The smallest absolute Gasteiger partial charge is 0.203 e. The second kappa shape index (κ2) is 6.44. The van der Waals surface area contributed by atoms with Crippen LogP contribution in [0.2, 0.25) is 0 Å². The second-order valence-electron chi connectivity index (χ2n) is 4.59. The number of thiazole rings is 1. The molecule has 0 aliphatic heterocycles. The van der Waals surface area contributed by atoms with Gasteiger partial charge in [0.1, 0.15) is 5.82 Å². The maximum absolute atomic E-state index is 12.9. The molecular weight excluding hydrogens is 299 g/mol. The van der Waals surface area contributed by atoms with Gasteiger partial charge in [-0.15, -0.1) is 11.3 Å². The zero-order valence-corrected chi connectivity index (χ0v) is 12.6. The molecule has 3 rings (SSSR count). The third-order valence-corrected chi connectivity index (χ3v) is 3.81. The van der Waals surface area contributed by atoms with E-state index in [0.717, 1.165) is 22.5 Å². The lowest BCUT2D eigenvalue weighted by molar-refractivity contribution is 0.628. The number of nitrogens with one attached hydrogen (secondary N) is 1. The van der Waals surface area contributed by atoms with Crippen molar-refractivity contribution >= 4 is 22.2 Å². The van der Waals surface area contributed by atoms with E-state index < -0.39 is 0 Å². The first-order valence-corrected chi connectivity index (χ1v) is 7.52. The average Bonchev–Trinajstić information content (AvgIpc) is 3.03. The van der Waals surface area contributed by atoms with Gasteiger partial charge in [0.15, 0.2) is 0 Å². The zero-order valence-electron chi connectivity index (χ0n) is 11.8. The van der Waals surface area contributed by atoms with Crippen LogP contribution in [0.15, 0.2) is 59.3 Å². The van der Waals surface area contributed by atoms with Crippen molar-refractivity contribution in [2.24, 2.45) is 5.10 Å². The van der Waals surface area contributed by atoms with Crippen LogP contribution in [0, 0.1) is 5.82 Å². The molecule has 0 radical (unpaired) electrons. The molecular formula is C16H13FN4S. The number of hydrogen-bond acceptors (Lipinski definition) is 5. The van der Waals surface area contributed by atoms with E-state index >= 15 is 0 Å². The van der Waals surface area contributed by atoms with E-state index in [4.69, 9.17) is 0 Å². The summed E-state index contributed by atoms with van der Waals surface area (Å²) in [6, 6.07) is 10.1. The number of halogens is 1. The molecule has 6 heteroatoms. The second-order valence-corrected chi connectivity index (χ2v) is 5.45. The van der Waals surface area contributed by atoms with Gasteiger partial charge >= 0.3 is 0 Å². The Morgan fingerprint density at radius 1 is 1.14 bits per heavy atom. The van der Waals surface area contributed by atoms with Crippen LogP contribution in [0.3, 0.4) is 0 Å². The summed E-state index contributed by atoms with van der Waals surface area (Å²) in [7, 11) is 0. The molecule has 0 atom stereocenters. The molecule has 1 aromatic carbocycles. The van der Waals surface area contributed by atoms with Crippen LogP contribution in [0.4, 0.5) is 9.52 Å². The predicted octanol–water partition coefficient (Wildman–Crippen LogP) is 4.18. The van der Waals surface area contributed by atoms with Crippen LogP contribution in [0.25, 0.3) is 11.3 Å². The van der Waals surface area contributed by atoms with Crippen molar-refractivity contribution in [3.05, 3.63) is 65.6 Å². The Morgan fingerprint density at radius 2 is 1.86 bits per heavy atom. The maximum Gasteiger partial charge on any atom is 0.203 e. The molecule has 3 aromatic rings. The van der Waals surface area contributed by atoms with E-state index in [-0.39, 0.29) is 5.82 Å². The number of pyridine rings is 1. The number of hydrogen-bond donors (Lipinski definition) is 1. The highest BCUT2D eigenvalue weighted by atomic mass is 32.1. The highest BCUT2D eigenvalue weighted by molar-refractivity contribution is 7.14. The minimum absolute atomic E-state index is 0.255. The number of nitrogens with zero attached hydrogens (tertiary/aromatic N) is 3. The fourth-order valence-corrected chi connectivity index (χ4v) is 2.53. The lowest BCUT2D eigenvalue weighted by Crippen LogP contribution is -1.99. The van der Waals surface area contributed by atoms with Crippen molar-refractivity contribution < 1.29 is 4.39 Å². The monoisotopic (exact) mass is 312 g/mol. The van der Waals surface area contributed by atoms with E-state index in [1.165, 1.54) is 23.5 Å². The Labute approximate surface area is 131 Å². The third kappa shape index (κ3) is 3.35. The molecule has 0 saturated heterocycles. The first-order valence-electron chi connectivity index (χ1n) is 6.64. The van der Waals surface area contributed by atoms with Crippen molar-refractivity contribution in [3.63, 3.8) is 0 Å². The Balaban J connectivity index is 1.73. The van der Waals surface area contributed by atoms with Gasteiger partial charge in [0.2, 0.25) is 5.13 Å². The first kappa shape index (κ1) is 14.3. The van der Waals surface area contributed by atoms with Gasteiger partial charge < -0.3 is 0 Å². The van der Waals surface area contributed by atoms with Gasteiger partial charge in [-0.2, -0.15) is 5.10 Å². The molecule has 0 aliphatic carbocycles. The molecule has 110 valence electrons. The molecule has 0 spiro atoms. The molecule has 0 unspecified atom stereocenters. The standard InChI is InChI=1S/C16H13FN4S/c1-11(12-6-8-18-9-7-12)20-21-16-19-15(10-22-16)13-2-4-14(17)5-3-13/h2-10H,1H3,(H,19,21)/b20-11+. The number of benzene rings is 1. The normalized spacial score (nSPS) is 11.5. The van der Waals surface area contributed by atoms with Crippen LogP contribution >= 0.6 is 11.3 Å². The summed E-state index contributed by atoms with van der Waals surface area (Å²) in [6.07, 6.45) is 3.45. The van der Waals surface area contributed by atoms with Gasteiger partial charge in [0.25, 0.3) is 0 Å². The van der Waals surface area contributed by atoms with Gasteiger partial charge in [-0.3, -0.25) is 10.4 Å². The van der Waals surface area contributed by atoms with Gasteiger partial charge in [0.05, 0.1) is 11.4 Å². The summed E-state index contributed by atoms with van der Waals surface area (Å²) in [5, 5.41) is 6.91. The third-order valence-electron chi connectivity index (χ3n) is 3.06. The highest BCUT2D eigenvalue weighted by Crippen LogP contribution is 2.25. The van der Waals surface area contributed by atoms with Crippen LogP contribution < -0.4 is 5.43 Å². The Kier molecular flexibility index (Phi) is 4.20. The van der Waals surface area contributed by atoms with E-state index in [1.807, 2.05) is 24.4 Å². The number of anilines is 1. The molecule has 0 fully saturated rings. The summed E-state index contributed by atoms with van der Waals surface area (Å²) < 4.78 is 12.9. The van der Waals surface area contributed by atoms with E-state index in [9.17, 15) is 4.39 Å². The molecule has 2 heterocycles. The van der Waals surface area contributed by atoms with Crippen molar-refractivity contribution in [3.8, 4) is 11.3 Å². The fraction of sp³-hybridized carbons (Fsp3) is 0.0625. The molecule has 0 bridgehead atoms. The van der Waals surface area contributed by atoms with Crippen LogP contribution in [0.1, 0.15) is 12.5 Å². The molecule has 0 saturated carbocycles. The largest absolute Gasteiger partial charge is 0.265 e. The molecule has 2 aromatic heterocycles. The van der Waals surface area contributed by atoms with E-state index in [2.05, 4.69) is 20.5 Å². The van der Waals surface area contributed by atoms with Crippen molar-refractivity contribution in [2.45, 2.75) is 6.92 Å². The summed E-state index contributed by atoms with van der Waals surface area (Å²) in [4.78, 5) is 8.42. The highest BCUT2D eigenvalue weighted by Gasteiger charge is 2.04. The summed E-state index contributed by atoms with van der Waals surface area (Å²) in [6.45, 7) is 1.91. The Morgan fingerprint density at radius 3 is 2.59 bits per heavy atom. The zero-order chi connectivity index (χ0) is 15.4. The molecule has 22 heavy (non-hydrogen) atoms. The number of rotatable bonds is 4. The van der Waals surface area contributed by atoms with Crippen LogP contribution in [-0.4, -0.2) is 15.7 Å². The lowest BCUT2D eigenvalue weighted by atomic mass is 10.2. The molecule has 0 amide bonds. The van der Waals surface area contributed by atoms with Crippen LogP contribution in [0.5, 0.6) is 0 Å². The summed E-state index contributed by atoms with van der Waals surface area (Å²) in [5.41, 5.74) is 6.46. The van der Waals surface area contributed by atoms with Gasteiger partial charge in [-0.1, -0.05) is 0 Å². The van der Waals surface area contributed by atoms with E-state index in [1.54, 1.807) is 24.5 Å². The Bertz CT molecular complexity index is 781. The van der Waals surface area contributed by atoms with Gasteiger partial charge in [0, 0.05) is 28.9 Å². The maximum atomic E-state index is 12.9. The number of hydrazone groups is 1. The van der Waals surface area contributed by atoms with Crippen molar-refractivity contribution in [2.75, 3.05) is 5.43 Å². The number of aromatic nitrogens is 2. The minimum atomic E-state index is -0.255. The lowest BCUT2D eigenvalue weighted by Gasteiger charge is -2.00. The minimum Gasteiger partial charge on any atom is -0.265 e. The Hall–Kier alpha value is -2.60. The SMILES string of the molecule is C/C(=N\Nc1nc(-c2ccc(F)cc2)cs1)c1ccncc1. The van der Waals surface area contributed by atoms with Crippen molar-refractivity contribution in [1.29, 1.82) is 0 Å². The molecule has 1 N–H and O–H groups in total. The first-order chi connectivity index (χ1) is 10.7. The predicted molar refractivity (Wildman–Crippen MR) is 87.6 cm³/mol. The summed E-state index contributed by atoms with van der Waals surface area (Å²) in [5.74, 6) is -0.255. The van der Waals surface area contributed by atoms with Gasteiger partial charge in [-0.25, -0.2) is 9.37 Å². The van der Waals surface area contributed by atoms with Gasteiger partial charge in [-0.05, 0) is 43.3 Å². The summed E-state index contributed by atoms with van der Waals surface area (Å²) >= 11 is 1.45. The van der Waals surface area contributed by atoms with Crippen LogP contribution in [-0.2, 0) is 0 Å². The fourth-order valence-electron chi connectivity index (χ4n) is 1.87.